The van der Waals surface area contributed by atoms with Crippen molar-refractivity contribution in [3.05, 3.63) is 88.2 Å². The van der Waals surface area contributed by atoms with Crippen molar-refractivity contribution in [3.63, 3.8) is 0 Å². The molecule has 1 fully saturated rings. The summed E-state index contributed by atoms with van der Waals surface area (Å²) in [6.07, 6.45) is 5.18. The summed E-state index contributed by atoms with van der Waals surface area (Å²) in [6, 6.07) is 14.7. The summed E-state index contributed by atoms with van der Waals surface area (Å²) in [7, 11) is -4.35. The minimum absolute atomic E-state index is 0.0139. The van der Waals surface area contributed by atoms with E-state index in [9.17, 15) is 22.4 Å². The molecule has 1 aliphatic rings. The third kappa shape index (κ3) is 8.89. The van der Waals surface area contributed by atoms with Crippen LogP contribution in [0.25, 0.3) is 0 Å². The first-order valence-corrected chi connectivity index (χ1v) is 17.3. The monoisotopic (exact) mass is 677 g/mol. The highest BCUT2D eigenvalue weighted by Crippen LogP contribution is 2.28. The number of hydrogen-bond acceptors (Lipinski definition) is 5. The van der Waals surface area contributed by atoms with E-state index in [0.29, 0.717) is 29.4 Å². The fraction of sp³-hybridized carbons (Fsp3) is 0.394. The molecule has 1 saturated carbocycles. The molecule has 8 nitrogen and oxygen atoms in total. The van der Waals surface area contributed by atoms with Crippen molar-refractivity contribution in [3.8, 4) is 5.75 Å². The van der Waals surface area contributed by atoms with Crippen molar-refractivity contribution in [1.82, 2.24) is 10.2 Å². The van der Waals surface area contributed by atoms with Gasteiger partial charge in [-0.15, -0.1) is 0 Å². The van der Waals surface area contributed by atoms with E-state index in [2.05, 4.69) is 5.32 Å². The Balaban J connectivity index is 1.72. The highest BCUT2D eigenvalue weighted by Gasteiger charge is 2.34. The third-order valence-corrected chi connectivity index (χ3v) is 10.3. The van der Waals surface area contributed by atoms with Gasteiger partial charge in [0.25, 0.3) is 10.0 Å². The molecule has 4 rings (SSSR count). The second kappa shape index (κ2) is 15.8. The van der Waals surface area contributed by atoms with Crippen molar-refractivity contribution in [2.24, 2.45) is 0 Å². The molecule has 0 aliphatic heterocycles. The van der Waals surface area contributed by atoms with Gasteiger partial charge in [0.1, 0.15) is 24.2 Å². The van der Waals surface area contributed by atoms with Gasteiger partial charge >= 0.3 is 0 Å². The van der Waals surface area contributed by atoms with E-state index in [4.69, 9.17) is 27.9 Å². The molecule has 242 valence electrons. The van der Waals surface area contributed by atoms with Gasteiger partial charge in [-0.05, 0) is 92.4 Å². The number of rotatable bonds is 13. The molecule has 0 unspecified atom stereocenters. The largest absolute Gasteiger partial charge is 0.494 e. The molecule has 0 aromatic heterocycles. The zero-order valence-corrected chi connectivity index (χ0v) is 27.7. The topological polar surface area (TPSA) is 96.0 Å². The van der Waals surface area contributed by atoms with Crippen molar-refractivity contribution in [2.75, 3.05) is 17.5 Å². The normalized spacial score (nSPS) is 14.4. The second-order valence-electron chi connectivity index (χ2n) is 10.9. The molecule has 3 aromatic rings. The molecule has 3 aromatic carbocycles. The van der Waals surface area contributed by atoms with Gasteiger partial charge in [0, 0.05) is 12.6 Å². The Morgan fingerprint density at radius 3 is 2.22 bits per heavy atom. The summed E-state index contributed by atoms with van der Waals surface area (Å²) in [5.74, 6) is -0.975. The van der Waals surface area contributed by atoms with Crippen LogP contribution in [-0.2, 0) is 26.2 Å². The van der Waals surface area contributed by atoms with Gasteiger partial charge in [-0.3, -0.25) is 13.9 Å². The SMILES string of the molecule is CCOc1ccc(N(CC(=O)N(Cc2ccc(Cl)c(Cl)c2)[C@@H](CC)C(=O)NC2CCCCC2)S(=O)(=O)c2ccc(F)cc2)cc1. The average Bonchev–Trinajstić information content (AvgIpc) is 3.02. The number of carbonyl (C=O) groups excluding carboxylic acids is 2. The van der Waals surface area contributed by atoms with E-state index in [1.165, 1.54) is 17.0 Å². The Bertz CT molecular complexity index is 1570. The Labute approximate surface area is 274 Å². The molecular formula is C33H38Cl2FN3O5S. The van der Waals surface area contributed by atoms with Crippen LogP contribution in [-0.4, -0.2) is 50.4 Å². The summed E-state index contributed by atoms with van der Waals surface area (Å²) in [5.41, 5.74) is 0.820. The van der Waals surface area contributed by atoms with Gasteiger partial charge in [0.15, 0.2) is 0 Å². The first-order chi connectivity index (χ1) is 21.5. The minimum Gasteiger partial charge on any atom is -0.494 e. The molecule has 45 heavy (non-hydrogen) atoms. The van der Waals surface area contributed by atoms with Crippen LogP contribution in [0.15, 0.2) is 71.6 Å². The molecule has 1 N–H and O–H groups in total. The predicted octanol–water partition coefficient (Wildman–Crippen LogP) is 6.98. The van der Waals surface area contributed by atoms with Gasteiger partial charge in [-0.2, -0.15) is 0 Å². The van der Waals surface area contributed by atoms with E-state index < -0.39 is 34.3 Å². The van der Waals surface area contributed by atoms with Crippen LogP contribution >= 0.6 is 23.2 Å². The smallest absolute Gasteiger partial charge is 0.264 e. The molecule has 0 heterocycles. The highest BCUT2D eigenvalue weighted by atomic mass is 35.5. The quantitative estimate of drug-likeness (QED) is 0.211. The zero-order chi connectivity index (χ0) is 32.6. The first-order valence-electron chi connectivity index (χ1n) is 15.1. The van der Waals surface area contributed by atoms with Crippen molar-refractivity contribution < 1.29 is 27.1 Å². The number of sulfonamides is 1. The minimum atomic E-state index is -4.35. The first kappa shape index (κ1) is 34.5. The maximum absolute atomic E-state index is 14.3. The van der Waals surface area contributed by atoms with Gasteiger partial charge in [-0.25, -0.2) is 12.8 Å². The number of hydrogen-bond donors (Lipinski definition) is 1. The van der Waals surface area contributed by atoms with Gasteiger partial charge in [0.05, 0.1) is 27.2 Å². The number of nitrogens with zero attached hydrogens (tertiary/aromatic N) is 2. The fourth-order valence-electron chi connectivity index (χ4n) is 5.44. The van der Waals surface area contributed by atoms with E-state index in [1.54, 1.807) is 37.3 Å². The molecule has 1 aliphatic carbocycles. The van der Waals surface area contributed by atoms with Crippen molar-refractivity contribution >= 4 is 50.7 Å². The zero-order valence-electron chi connectivity index (χ0n) is 25.3. The Morgan fingerprint density at radius 2 is 1.62 bits per heavy atom. The number of benzene rings is 3. The van der Waals surface area contributed by atoms with E-state index in [-0.39, 0.29) is 34.1 Å². The Kier molecular flexibility index (Phi) is 12.1. The number of carbonyl (C=O) groups is 2. The number of anilines is 1. The number of nitrogens with one attached hydrogen (secondary N) is 1. The Hall–Kier alpha value is -3.34. The lowest BCUT2D eigenvalue weighted by Gasteiger charge is -2.34. The predicted molar refractivity (Wildman–Crippen MR) is 175 cm³/mol. The molecule has 0 saturated heterocycles. The van der Waals surface area contributed by atoms with Crippen LogP contribution < -0.4 is 14.4 Å². The van der Waals surface area contributed by atoms with Crippen LogP contribution in [0.2, 0.25) is 10.0 Å². The van der Waals surface area contributed by atoms with Crippen LogP contribution in [0.1, 0.15) is 57.9 Å². The molecule has 2 amide bonds. The maximum Gasteiger partial charge on any atom is 0.264 e. The van der Waals surface area contributed by atoms with Crippen molar-refractivity contribution in [2.45, 2.75) is 75.9 Å². The van der Waals surface area contributed by atoms with E-state index >= 15 is 0 Å². The lowest BCUT2D eigenvalue weighted by molar-refractivity contribution is -0.140. The summed E-state index contributed by atoms with van der Waals surface area (Å²) < 4.78 is 48.2. The van der Waals surface area contributed by atoms with Crippen LogP contribution in [0.3, 0.4) is 0 Å². The van der Waals surface area contributed by atoms with Crippen LogP contribution in [0, 0.1) is 5.82 Å². The summed E-state index contributed by atoms with van der Waals surface area (Å²) in [5, 5.41) is 3.74. The number of halogens is 3. The Morgan fingerprint density at radius 1 is 0.956 bits per heavy atom. The molecule has 0 spiro atoms. The van der Waals surface area contributed by atoms with E-state index in [1.807, 2.05) is 6.92 Å². The third-order valence-electron chi connectivity index (χ3n) is 7.79. The molecule has 12 heteroatoms. The standard InChI is InChI=1S/C33H38Cl2FN3O5S/c1-3-31(33(41)37-25-8-6-5-7-9-25)38(21-23-10-19-29(34)30(35)20-23)32(40)22-39(26-13-15-27(16-14-26)44-4-2)45(42,43)28-17-11-24(36)12-18-28/h10-20,25,31H,3-9,21-22H2,1-2H3,(H,37,41)/t31-/m0/s1. The van der Waals surface area contributed by atoms with Crippen LogP contribution in [0.4, 0.5) is 10.1 Å². The summed E-state index contributed by atoms with van der Waals surface area (Å²) in [4.78, 5) is 29.1. The molecule has 0 radical (unpaired) electrons. The lowest BCUT2D eigenvalue weighted by Crippen LogP contribution is -2.54. The maximum atomic E-state index is 14.3. The molecule has 1 atom stereocenters. The second-order valence-corrected chi connectivity index (χ2v) is 13.6. The van der Waals surface area contributed by atoms with Crippen molar-refractivity contribution in [1.29, 1.82) is 0 Å². The fourth-order valence-corrected chi connectivity index (χ4v) is 7.17. The molecular weight excluding hydrogens is 640 g/mol. The number of amides is 2. The molecule has 0 bridgehead atoms. The van der Waals surface area contributed by atoms with Crippen LogP contribution in [0.5, 0.6) is 5.75 Å². The van der Waals surface area contributed by atoms with Gasteiger partial charge < -0.3 is 15.0 Å². The van der Waals surface area contributed by atoms with E-state index in [0.717, 1.165) is 60.7 Å². The summed E-state index contributed by atoms with van der Waals surface area (Å²) >= 11 is 12.4. The highest BCUT2D eigenvalue weighted by molar-refractivity contribution is 7.92. The number of ether oxygens (including phenoxy) is 1. The lowest BCUT2D eigenvalue weighted by atomic mass is 9.95. The summed E-state index contributed by atoms with van der Waals surface area (Å²) in [6.45, 7) is 3.41. The average molecular weight is 679 g/mol. The van der Waals surface area contributed by atoms with Gasteiger partial charge in [0.2, 0.25) is 11.8 Å². The van der Waals surface area contributed by atoms with Gasteiger partial charge in [-0.1, -0.05) is 55.5 Å².